The first-order valence-electron chi connectivity index (χ1n) is 5.72. The summed E-state index contributed by atoms with van der Waals surface area (Å²) in [5.41, 5.74) is 2.43. The van der Waals surface area contributed by atoms with E-state index in [2.05, 4.69) is 12.2 Å². The molecule has 1 unspecified atom stereocenters. The van der Waals surface area contributed by atoms with Gasteiger partial charge in [-0.05, 0) is 44.0 Å². The summed E-state index contributed by atoms with van der Waals surface area (Å²) in [5.74, 6) is 1.89. The molecule has 0 saturated carbocycles. The number of rotatable bonds is 3. The lowest BCUT2D eigenvalue weighted by atomic mass is 9.98. The predicted octanol–water partition coefficient (Wildman–Crippen LogP) is 2.44. The van der Waals surface area contributed by atoms with Gasteiger partial charge in [-0.2, -0.15) is 0 Å². The Morgan fingerprint density at radius 3 is 2.44 bits per heavy atom. The molecule has 1 aliphatic heterocycles. The van der Waals surface area contributed by atoms with Gasteiger partial charge in [-0.25, -0.2) is 0 Å². The molecular weight excluding hydrogens is 202 g/mol. The molecule has 0 spiro atoms. The van der Waals surface area contributed by atoms with Crippen LogP contribution in [-0.4, -0.2) is 20.8 Å². The minimum absolute atomic E-state index is 0.407. The normalized spacial score (nSPS) is 19.8. The number of benzene rings is 1. The molecule has 3 nitrogen and oxygen atoms in total. The van der Waals surface area contributed by atoms with Crippen LogP contribution >= 0.6 is 0 Å². The Bertz CT molecular complexity index is 370. The molecule has 0 aliphatic carbocycles. The van der Waals surface area contributed by atoms with E-state index in [9.17, 15) is 0 Å². The zero-order valence-corrected chi connectivity index (χ0v) is 10.2. The number of hydrogen-bond donors (Lipinski definition) is 1. The van der Waals surface area contributed by atoms with Crippen LogP contribution in [0, 0.1) is 6.92 Å². The molecule has 1 saturated heterocycles. The Morgan fingerprint density at radius 1 is 1.19 bits per heavy atom. The van der Waals surface area contributed by atoms with Crippen molar-refractivity contribution >= 4 is 0 Å². The molecule has 1 fully saturated rings. The van der Waals surface area contributed by atoms with E-state index in [1.165, 1.54) is 24.0 Å². The van der Waals surface area contributed by atoms with Crippen molar-refractivity contribution in [3.8, 4) is 11.5 Å². The number of hydrogen-bond acceptors (Lipinski definition) is 3. The monoisotopic (exact) mass is 221 g/mol. The smallest absolute Gasteiger partial charge is 0.124 e. The van der Waals surface area contributed by atoms with Gasteiger partial charge in [0.25, 0.3) is 0 Å². The van der Waals surface area contributed by atoms with Gasteiger partial charge >= 0.3 is 0 Å². The van der Waals surface area contributed by atoms with Crippen molar-refractivity contribution in [3.63, 3.8) is 0 Å². The summed E-state index contributed by atoms with van der Waals surface area (Å²) in [6, 6.07) is 4.36. The predicted molar refractivity (Wildman–Crippen MR) is 64.3 cm³/mol. The highest BCUT2D eigenvalue weighted by atomic mass is 16.5. The topological polar surface area (TPSA) is 30.5 Å². The van der Waals surface area contributed by atoms with Gasteiger partial charge in [-0.3, -0.25) is 0 Å². The van der Waals surface area contributed by atoms with Crippen LogP contribution in [0.5, 0.6) is 11.5 Å². The highest BCUT2D eigenvalue weighted by Gasteiger charge is 2.23. The van der Waals surface area contributed by atoms with Crippen molar-refractivity contribution in [2.24, 2.45) is 0 Å². The third-order valence-corrected chi connectivity index (χ3v) is 3.27. The van der Waals surface area contributed by atoms with E-state index < -0.39 is 0 Å². The first kappa shape index (κ1) is 11.3. The van der Waals surface area contributed by atoms with Crippen molar-refractivity contribution in [2.45, 2.75) is 25.8 Å². The summed E-state index contributed by atoms with van der Waals surface area (Å²) >= 11 is 0. The largest absolute Gasteiger partial charge is 0.496 e. The van der Waals surface area contributed by atoms with Crippen molar-refractivity contribution in [1.29, 1.82) is 0 Å². The molecule has 1 atom stereocenters. The van der Waals surface area contributed by atoms with Crippen LogP contribution in [0.2, 0.25) is 0 Å². The maximum atomic E-state index is 5.44. The molecule has 3 heteroatoms. The molecule has 0 aromatic heterocycles. The van der Waals surface area contributed by atoms with Crippen molar-refractivity contribution in [1.82, 2.24) is 5.32 Å². The third-order valence-electron chi connectivity index (χ3n) is 3.27. The SMILES string of the molecule is COc1ccc(OC)c(C2CCCN2)c1C. The lowest BCUT2D eigenvalue weighted by Crippen LogP contribution is -2.15. The average molecular weight is 221 g/mol. The maximum Gasteiger partial charge on any atom is 0.124 e. The zero-order chi connectivity index (χ0) is 11.5. The molecule has 1 aromatic rings. The molecule has 2 rings (SSSR count). The summed E-state index contributed by atoms with van der Waals surface area (Å²) < 4.78 is 10.8. The summed E-state index contributed by atoms with van der Waals surface area (Å²) in [6.07, 6.45) is 2.40. The van der Waals surface area contributed by atoms with E-state index in [0.717, 1.165) is 18.0 Å². The van der Waals surface area contributed by atoms with Gasteiger partial charge in [0.05, 0.1) is 14.2 Å². The van der Waals surface area contributed by atoms with Gasteiger partial charge in [0, 0.05) is 11.6 Å². The summed E-state index contributed by atoms with van der Waals surface area (Å²) in [7, 11) is 3.43. The van der Waals surface area contributed by atoms with Crippen LogP contribution in [0.1, 0.15) is 30.0 Å². The lowest BCUT2D eigenvalue weighted by molar-refractivity contribution is 0.390. The molecule has 0 radical (unpaired) electrons. The first-order chi connectivity index (χ1) is 7.77. The fraction of sp³-hybridized carbons (Fsp3) is 0.538. The van der Waals surface area contributed by atoms with E-state index >= 15 is 0 Å². The van der Waals surface area contributed by atoms with Crippen molar-refractivity contribution in [3.05, 3.63) is 23.3 Å². The Morgan fingerprint density at radius 2 is 1.88 bits per heavy atom. The van der Waals surface area contributed by atoms with Crippen LogP contribution in [0.25, 0.3) is 0 Å². The zero-order valence-electron chi connectivity index (χ0n) is 10.2. The van der Waals surface area contributed by atoms with Gasteiger partial charge in [-0.1, -0.05) is 0 Å². The maximum absolute atomic E-state index is 5.44. The van der Waals surface area contributed by atoms with Crippen molar-refractivity contribution < 1.29 is 9.47 Å². The van der Waals surface area contributed by atoms with Crippen LogP contribution in [-0.2, 0) is 0 Å². The Kier molecular flexibility index (Phi) is 3.34. The van der Waals surface area contributed by atoms with Gasteiger partial charge in [0.2, 0.25) is 0 Å². The fourth-order valence-corrected chi connectivity index (χ4v) is 2.45. The van der Waals surface area contributed by atoms with Crippen LogP contribution in [0.4, 0.5) is 0 Å². The van der Waals surface area contributed by atoms with E-state index in [0.29, 0.717) is 6.04 Å². The first-order valence-corrected chi connectivity index (χ1v) is 5.72. The van der Waals surface area contributed by atoms with Gasteiger partial charge in [0.1, 0.15) is 11.5 Å². The summed E-state index contributed by atoms with van der Waals surface area (Å²) in [6.45, 7) is 3.18. The molecule has 0 amide bonds. The minimum Gasteiger partial charge on any atom is -0.496 e. The second kappa shape index (κ2) is 4.74. The quantitative estimate of drug-likeness (QED) is 0.850. The molecule has 1 aliphatic rings. The minimum atomic E-state index is 0.407. The molecule has 1 aromatic carbocycles. The van der Waals surface area contributed by atoms with Crippen LogP contribution < -0.4 is 14.8 Å². The van der Waals surface area contributed by atoms with Crippen LogP contribution in [0.15, 0.2) is 12.1 Å². The standard InChI is InChI=1S/C13H19NO2/c1-9-11(15-2)6-7-12(16-3)13(9)10-5-4-8-14-10/h6-7,10,14H,4-5,8H2,1-3H3. The van der Waals surface area contributed by atoms with Gasteiger partial charge < -0.3 is 14.8 Å². The van der Waals surface area contributed by atoms with E-state index in [4.69, 9.17) is 9.47 Å². The summed E-state index contributed by atoms with van der Waals surface area (Å²) in [4.78, 5) is 0. The highest BCUT2D eigenvalue weighted by Crippen LogP contribution is 2.37. The van der Waals surface area contributed by atoms with Crippen LogP contribution in [0.3, 0.4) is 0 Å². The molecule has 1 heterocycles. The Balaban J connectivity index is 2.45. The fourth-order valence-electron chi connectivity index (χ4n) is 2.45. The van der Waals surface area contributed by atoms with Gasteiger partial charge in [0.15, 0.2) is 0 Å². The second-order valence-electron chi connectivity index (χ2n) is 4.16. The lowest BCUT2D eigenvalue weighted by Gasteiger charge is -2.19. The Hall–Kier alpha value is -1.22. The van der Waals surface area contributed by atoms with E-state index in [1.807, 2.05) is 12.1 Å². The number of methoxy groups -OCH3 is 2. The molecular formula is C13H19NO2. The highest BCUT2D eigenvalue weighted by molar-refractivity contribution is 5.49. The van der Waals surface area contributed by atoms with Crippen molar-refractivity contribution in [2.75, 3.05) is 20.8 Å². The van der Waals surface area contributed by atoms with E-state index in [-0.39, 0.29) is 0 Å². The average Bonchev–Trinajstić information content (AvgIpc) is 2.81. The molecule has 0 bridgehead atoms. The molecule has 1 N–H and O–H groups in total. The number of nitrogens with one attached hydrogen (secondary N) is 1. The third kappa shape index (κ3) is 1.87. The number of ether oxygens (including phenoxy) is 2. The van der Waals surface area contributed by atoms with Gasteiger partial charge in [-0.15, -0.1) is 0 Å². The summed E-state index contributed by atoms with van der Waals surface area (Å²) in [5, 5.41) is 3.50. The second-order valence-corrected chi connectivity index (χ2v) is 4.16. The Labute approximate surface area is 96.8 Å². The van der Waals surface area contributed by atoms with E-state index in [1.54, 1.807) is 14.2 Å². The molecule has 16 heavy (non-hydrogen) atoms. The molecule has 88 valence electrons.